The Balaban J connectivity index is 1.90. The van der Waals surface area contributed by atoms with Gasteiger partial charge >= 0.3 is 0 Å². The molecule has 188 valence electrons. The molecule has 7 nitrogen and oxygen atoms in total. The predicted molar refractivity (Wildman–Crippen MR) is 134 cm³/mol. The fourth-order valence-corrected chi connectivity index (χ4v) is 4.76. The van der Waals surface area contributed by atoms with Gasteiger partial charge in [0.25, 0.3) is 5.91 Å². The average Bonchev–Trinajstić information content (AvgIpc) is 2.90. The van der Waals surface area contributed by atoms with Crippen LogP contribution in [0, 0.1) is 5.82 Å². The van der Waals surface area contributed by atoms with Gasteiger partial charge in [0, 0.05) is 17.8 Å². The molecule has 3 aromatic carbocycles. The van der Waals surface area contributed by atoms with Crippen LogP contribution in [0.5, 0.6) is 17.2 Å². The van der Waals surface area contributed by atoms with Crippen LogP contribution in [0.1, 0.15) is 46.8 Å². The molecule has 0 bridgehead atoms. The van der Waals surface area contributed by atoms with Crippen molar-refractivity contribution in [1.29, 1.82) is 0 Å². The second-order valence-electron chi connectivity index (χ2n) is 8.46. The topological polar surface area (TPSA) is 77.1 Å². The maximum absolute atomic E-state index is 13.9. The largest absolute Gasteiger partial charge is 0.493 e. The Morgan fingerprint density at radius 1 is 0.972 bits per heavy atom. The number of carbonyl (C=O) groups excluding carboxylic acids is 2. The first kappa shape index (κ1) is 25.0. The minimum atomic E-state index is -0.752. The van der Waals surface area contributed by atoms with Crippen LogP contribution in [0.3, 0.4) is 0 Å². The fourth-order valence-electron chi connectivity index (χ4n) is 4.76. The Labute approximate surface area is 209 Å². The summed E-state index contributed by atoms with van der Waals surface area (Å²) >= 11 is 0. The number of hydrogen-bond donors (Lipinski definition) is 1. The molecule has 0 unspecified atom stereocenters. The molecule has 2 amide bonds. The number of nitrogens with one attached hydrogen (secondary N) is 1. The van der Waals surface area contributed by atoms with Crippen LogP contribution in [0.4, 0.5) is 10.1 Å². The molecule has 1 N–H and O–H groups in total. The Kier molecular flexibility index (Phi) is 7.43. The van der Waals surface area contributed by atoms with Crippen molar-refractivity contribution in [2.75, 3.05) is 33.2 Å². The van der Waals surface area contributed by atoms with E-state index in [0.717, 1.165) is 0 Å². The first-order chi connectivity index (χ1) is 17.4. The third-order valence-electron chi connectivity index (χ3n) is 6.33. The van der Waals surface area contributed by atoms with E-state index >= 15 is 0 Å². The number of amides is 2. The number of benzene rings is 3. The van der Waals surface area contributed by atoms with Gasteiger partial charge in [-0.2, -0.15) is 0 Å². The summed E-state index contributed by atoms with van der Waals surface area (Å²) in [6.45, 7) is 2.42. The molecule has 0 fully saturated rings. The third-order valence-corrected chi connectivity index (χ3v) is 6.33. The number of carbonyl (C=O) groups is 2. The zero-order chi connectivity index (χ0) is 25.8. The normalized spacial score (nSPS) is 16.8. The molecule has 1 aliphatic heterocycles. The van der Waals surface area contributed by atoms with Crippen LogP contribution in [0.25, 0.3) is 0 Å². The Bertz CT molecular complexity index is 1240. The fraction of sp³-hybridized carbons (Fsp3) is 0.286. The Morgan fingerprint density at radius 3 is 2.19 bits per heavy atom. The van der Waals surface area contributed by atoms with E-state index < -0.39 is 17.8 Å². The van der Waals surface area contributed by atoms with Gasteiger partial charge in [-0.25, -0.2) is 4.39 Å². The minimum absolute atomic E-state index is 0.156. The van der Waals surface area contributed by atoms with Crippen LogP contribution in [-0.4, -0.2) is 44.6 Å². The lowest BCUT2D eigenvalue weighted by atomic mass is 9.78. The van der Waals surface area contributed by atoms with Gasteiger partial charge in [0.05, 0.1) is 33.3 Å². The van der Waals surface area contributed by atoms with Crippen molar-refractivity contribution in [3.05, 3.63) is 83.2 Å². The van der Waals surface area contributed by atoms with Crippen LogP contribution < -0.4 is 19.5 Å². The van der Waals surface area contributed by atoms with Crippen LogP contribution >= 0.6 is 0 Å². The highest BCUT2D eigenvalue weighted by Crippen LogP contribution is 2.47. The van der Waals surface area contributed by atoms with Crippen LogP contribution in [0.15, 0.2) is 60.7 Å². The van der Waals surface area contributed by atoms with Gasteiger partial charge in [-0.05, 0) is 60.0 Å². The number of anilines is 1. The second-order valence-corrected chi connectivity index (χ2v) is 8.46. The van der Waals surface area contributed by atoms with Crippen LogP contribution in [-0.2, 0) is 4.79 Å². The monoisotopic (exact) mass is 492 g/mol. The molecular weight excluding hydrogens is 463 g/mol. The van der Waals surface area contributed by atoms with E-state index in [1.807, 2.05) is 13.0 Å². The Hall–Kier alpha value is -4.07. The summed E-state index contributed by atoms with van der Waals surface area (Å²) < 4.78 is 30.0. The van der Waals surface area contributed by atoms with Gasteiger partial charge in [0.1, 0.15) is 5.82 Å². The van der Waals surface area contributed by atoms with Crippen molar-refractivity contribution >= 4 is 17.5 Å². The quantitative estimate of drug-likeness (QED) is 0.469. The molecule has 4 rings (SSSR count). The summed E-state index contributed by atoms with van der Waals surface area (Å²) in [5, 5.41) is 2.91. The average molecular weight is 493 g/mol. The third kappa shape index (κ3) is 4.58. The van der Waals surface area contributed by atoms with E-state index in [4.69, 9.17) is 14.2 Å². The minimum Gasteiger partial charge on any atom is -0.493 e. The highest BCUT2D eigenvalue weighted by Gasteiger charge is 2.44. The van der Waals surface area contributed by atoms with E-state index in [2.05, 4.69) is 5.32 Å². The van der Waals surface area contributed by atoms with Gasteiger partial charge in [0.2, 0.25) is 11.7 Å². The Morgan fingerprint density at radius 2 is 1.61 bits per heavy atom. The van der Waals surface area contributed by atoms with Crippen molar-refractivity contribution < 1.29 is 28.2 Å². The first-order valence-electron chi connectivity index (χ1n) is 11.7. The van der Waals surface area contributed by atoms with E-state index in [-0.39, 0.29) is 11.8 Å². The maximum Gasteiger partial charge on any atom is 0.254 e. The van der Waals surface area contributed by atoms with Gasteiger partial charge in [0.15, 0.2) is 11.5 Å². The highest BCUT2D eigenvalue weighted by molar-refractivity contribution is 6.04. The lowest BCUT2D eigenvalue weighted by molar-refractivity contribution is -0.119. The summed E-state index contributed by atoms with van der Waals surface area (Å²) in [5.74, 6) is -0.358. The molecule has 0 saturated heterocycles. The van der Waals surface area contributed by atoms with Crippen molar-refractivity contribution in [2.45, 2.75) is 25.3 Å². The van der Waals surface area contributed by atoms with E-state index in [9.17, 15) is 14.0 Å². The summed E-state index contributed by atoms with van der Waals surface area (Å²) in [6, 6.07) is 15.6. The lowest BCUT2D eigenvalue weighted by Gasteiger charge is -2.42. The lowest BCUT2D eigenvalue weighted by Crippen LogP contribution is -2.46. The van der Waals surface area contributed by atoms with Gasteiger partial charge in [-0.15, -0.1) is 0 Å². The van der Waals surface area contributed by atoms with Gasteiger partial charge < -0.3 is 24.4 Å². The molecule has 36 heavy (non-hydrogen) atoms. The predicted octanol–water partition coefficient (Wildman–Crippen LogP) is 5.18. The molecule has 8 heteroatoms. The second kappa shape index (κ2) is 10.7. The van der Waals surface area contributed by atoms with E-state index in [1.54, 1.807) is 35.2 Å². The van der Waals surface area contributed by atoms with Crippen molar-refractivity contribution in [1.82, 2.24) is 4.90 Å². The number of fused-ring (bicyclic) bond motifs is 1. The van der Waals surface area contributed by atoms with E-state index in [1.165, 1.54) is 45.6 Å². The number of halogens is 1. The number of ether oxygens (including phenoxy) is 3. The summed E-state index contributed by atoms with van der Waals surface area (Å²) in [4.78, 5) is 29.2. The molecule has 0 radical (unpaired) electrons. The number of nitrogens with zero attached hydrogens (tertiary/aromatic N) is 1. The smallest absolute Gasteiger partial charge is 0.254 e. The molecule has 0 aromatic heterocycles. The molecule has 1 heterocycles. The van der Waals surface area contributed by atoms with Crippen molar-refractivity contribution in [3.63, 3.8) is 0 Å². The number of hydrogen-bond acceptors (Lipinski definition) is 5. The molecule has 0 saturated carbocycles. The summed E-state index contributed by atoms with van der Waals surface area (Å²) in [6.07, 6.45) is 0.696. The number of rotatable bonds is 8. The summed E-state index contributed by atoms with van der Waals surface area (Å²) in [7, 11) is 4.55. The molecular formula is C28H29FN2O5. The van der Waals surface area contributed by atoms with Crippen molar-refractivity contribution in [3.8, 4) is 17.2 Å². The molecule has 1 aliphatic rings. The van der Waals surface area contributed by atoms with Gasteiger partial charge in [-0.1, -0.05) is 25.1 Å². The first-order valence-corrected chi connectivity index (χ1v) is 11.7. The SMILES string of the molecule is CCCN1C(=O)c2ccccc2[C@H](C(=O)Nc2ccc(F)cc2)[C@H]1c1cc(OC)c(OC)c(OC)c1. The maximum atomic E-state index is 13.9. The molecule has 0 aliphatic carbocycles. The zero-order valence-electron chi connectivity index (χ0n) is 20.7. The summed E-state index contributed by atoms with van der Waals surface area (Å²) in [5.41, 5.74) is 2.23. The molecule has 2 atom stereocenters. The zero-order valence-corrected chi connectivity index (χ0v) is 20.7. The molecule has 0 spiro atoms. The highest BCUT2D eigenvalue weighted by atomic mass is 19.1. The van der Waals surface area contributed by atoms with Gasteiger partial charge in [-0.3, -0.25) is 9.59 Å². The number of methoxy groups -OCH3 is 3. The standard InChI is InChI=1S/C28H29FN2O5/c1-5-14-31-25(17-15-22(34-2)26(36-4)23(16-17)35-3)24(20-8-6-7-9-21(20)28(31)33)27(32)30-19-12-10-18(29)11-13-19/h6-13,15-16,24-25H,5,14H2,1-4H3,(H,30,32)/t24-,25+/m0/s1. The van der Waals surface area contributed by atoms with E-state index in [0.29, 0.717) is 52.6 Å². The molecule has 3 aromatic rings. The van der Waals surface area contributed by atoms with Crippen LogP contribution in [0.2, 0.25) is 0 Å². The van der Waals surface area contributed by atoms with Crippen molar-refractivity contribution in [2.24, 2.45) is 0 Å².